The Morgan fingerprint density at radius 1 is 1.07 bits per heavy atom. The van der Waals surface area contributed by atoms with Crippen LogP contribution >= 0.6 is 0 Å². The molecule has 1 atom stereocenters. The Balaban J connectivity index is 1.95. The van der Waals surface area contributed by atoms with Crippen LogP contribution in [0.5, 0.6) is 5.75 Å². The number of nitrogens with zero attached hydrogens (tertiary/aromatic N) is 1. The Labute approximate surface area is 165 Å². The Kier molecular flexibility index (Phi) is 7.95. The van der Waals surface area contributed by atoms with Crippen LogP contribution in [0.25, 0.3) is 0 Å². The lowest BCUT2D eigenvalue weighted by Gasteiger charge is -2.16. The summed E-state index contributed by atoms with van der Waals surface area (Å²) in [5.74, 6) is 0.574. The second-order valence-electron chi connectivity index (χ2n) is 6.77. The normalized spacial score (nSPS) is 11.8. The highest BCUT2D eigenvalue weighted by Gasteiger charge is 2.11. The molecule has 7 heteroatoms. The first-order chi connectivity index (χ1) is 13.4. The Bertz CT molecular complexity index is 790. The van der Waals surface area contributed by atoms with Gasteiger partial charge in [0.05, 0.1) is 19.3 Å². The number of esters is 1. The average molecular weight is 386 g/mol. The number of hydrogen-bond acceptors (Lipinski definition) is 6. The molecule has 0 radical (unpaired) electrons. The highest BCUT2D eigenvalue weighted by molar-refractivity contribution is 6.04. The summed E-state index contributed by atoms with van der Waals surface area (Å²) < 4.78 is 16.0. The maximum atomic E-state index is 12.5. The molecule has 1 amide bonds. The lowest BCUT2D eigenvalue weighted by Crippen LogP contribution is -2.21. The SMILES string of the molecule is COC(=O)c1ccc(NC(=O)c2cccc(OC(C)COCC(C)C)c2)nc1. The van der Waals surface area contributed by atoms with Gasteiger partial charge in [-0.05, 0) is 43.2 Å². The van der Waals surface area contributed by atoms with Crippen LogP contribution in [-0.2, 0) is 9.47 Å². The average Bonchev–Trinajstić information content (AvgIpc) is 2.67. The molecule has 1 heterocycles. The minimum atomic E-state index is -0.485. The maximum Gasteiger partial charge on any atom is 0.339 e. The van der Waals surface area contributed by atoms with Crippen molar-refractivity contribution < 1.29 is 23.8 Å². The molecule has 0 saturated heterocycles. The summed E-state index contributed by atoms with van der Waals surface area (Å²) in [5.41, 5.74) is 0.746. The van der Waals surface area contributed by atoms with E-state index in [-0.39, 0.29) is 12.0 Å². The zero-order valence-electron chi connectivity index (χ0n) is 16.6. The highest BCUT2D eigenvalue weighted by Crippen LogP contribution is 2.17. The van der Waals surface area contributed by atoms with Crippen molar-refractivity contribution in [2.45, 2.75) is 26.9 Å². The number of nitrogens with one attached hydrogen (secondary N) is 1. The molecule has 28 heavy (non-hydrogen) atoms. The molecule has 1 aromatic carbocycles. The number of ether oxygens (including phenoxy) is 3. The van der Waals surface area contributed by atoms with Crippen molar-refractivity contribution in [3.8, 4) is 5.75 Å². The van der Waals surface area contributed by atoms with Crippen LogP contribution in [-0.4, -0.2) is 43.3 Å². The van der Waals surface area contributed by atoms with Gasteiger partial charge in [0.2, 0.25) is 0 Å². The summed E-state index contributed by atoms with van der Waals surface area (Å²) in [6.07, 6.45) is 1.21. The number of benzene rings is 1. The van der Waals surface area contributed by atoms with Crippen molar-refractivity contribution >= 4 is 17.7 Å². The number of pyridine rings is 1. The van der Waals surface area contributed by atoms with Gasteiger partial charge in [0.1, 0.15) is 17.7 Å². The second kappa shape index (κ2) is 10.4. The zero-order valence-corrected chi connectivity index (χ0v) is 16.6. The van der Waals surface area contributed by atoms with E-state index in [1.165, 1.54) is 19.4 Å². The standard InChI is InChI=1S/C21H26N2O5/c1-14(2)12-27-13-15(3)28-18-7-5-6-16(10-18)20(24)23-19-9-8-17(11-22-19)21(25)26-4/h5-11,14-15H,12-13H2,1-4H3,(H,22,23,24). The molecule has 150 valence electrons. The fraction of sp³-hybridized carbons (Fsp3) is 0.381. The van der Waals surface area contributed by atoms with Crippen LogP contribution in [0, 0.1) is 5.92 Å². The lowest BCUT2D eigenvalue weighted by atomic mass is 10.2. The van der Waals surface area contributed by atoms with E-state index in [1.54, 1.807) is 30.3 Å². The first kappa shape index (κ1) is 21.4. The fourth-order valence-corrected chi connectivity index (χ4v) is 2.34. The fourth-order valence-electron chi connectivity index (χ4n) is 2.34. The Hall–Kier alpha value is -2.93. The van der Waals surface area contributed by atoms with Gasteiger partial charge >= 0.3 is 5.97 Å². The number of anilines is 1. The molecule has 1 unspecified atom stereocenters. The molecule has 0 aliphatic rings. The molecule has 7 nitrogen and oxygen atoms in total. The molecular weight excluding hydrogens is 360 g/mol. The van der Waals surface area contributed by atoms with E-state index >= 15 is 0 Å². The van der Waals surface area contributed by atoms with Gasteiger partial charge in [-0.2, -0.15) is 0 Å². The quantitative estimate of drug-likeness (QED) is 0.663. The number of aromatic nitrogens is 1. The van der Waals surface area contributed by atoms with Crippen LogP contribution in [0.2, 0.25) is 0 Å². The molecule has 0 aliphatic carbocycles. The zero-order chi connectivity index (χ0) is 20.5. The topological polar surface area (TPSA) is 86.8 Å². The molecule has 0 fully saturated rings. The van der Waals surface area contributed by atoms with Crippen molar-refractivity contribution in [2.24, 2.45) is 5.92 Å². The van der Waals surface area contributed by atoms with Gasteiger partial charge < -0.3 is 19.5 Å². The minimum absolute atomic E-state index is 0.135. The molecule has 0 spiro atoms. The molecular formula is C21H26N2O5. The van der Waals surface area contributed by atoms with Crippen molar-refractivity contribution in [3.05, 3.63) is 53.7 Å². The first-order valence-corrected chi connectivity index (χ1v) is 9.09. The van der Waals surface area contributed by atoms with Crippen LogP contribution in [0.4, 0.5) is 5.82 Å². The molecule has 2 rings (SSSR count). The van der Waals surface area contributed by atoms with Gasteiger partial charge in [0, 0.05) is 18.4 Å². The summed E-state index contributed by atoms with van der Waals surface area (Å²) >= 11 is 0. The second-order valence-corrected chi connectivity index (χ2v) is 6.77. The van der Waals surface area contributed by atoms with Crippen molar-refractivity contribution in [1.82, 2.24) is 4.98 Å². The van der Waals surface area contributed by atoms with Gasteiger partial charge in [-0.1, -0.05) is 19.9 Å². The number of hydrogen-bond donors (Lipinski definition) is 1. The predicted octanol–water partition coefficient (Wildman–Crippen LogP) is 3.56. The lowest BCUT2D eigenvalue weighted by molar-refractivity contribution is 0.0453. The van der Waals surface area contributed by atoms with E-state index in [0.717, 1.165) is 0 Å². The summed E-state index contributed by atoms with van der Waals surface area (Å²) in [6.45, 7) is 7.25. The van der Waals surface area contributed by atoms with Gasteiger partial charge in [-0.15, -0.1) is 0 Å². The smallest absolute Gasteiger partial charge is 0.339 e. The number of carbonyl (C=O) groups excluding carboxylic acids is 2. The number of rotatable bonds is 9. The predicted molar refractivity (Wildman–Crippen MR) is 106 cm³/mol. The number of amides is 1. The summed E-state index contributed by atoms with van der Waals surface area (Å²) in [4.78, 5) is 27.9. The third-order valence-electron chi connectivity index (χ3n) is 3.66. The molecule has 2 aromatic rings. The van der Waals surface area contributed by atoms with Crippen molar-refractivity contribution in [3.63, 3.8) is 0 Å². The van der Waals surface area contributed by atoms with Crippen LogP contribution in [0.1, 0.15) is 41.5 Å². The summed E-state index contributed by atoms with van der Waals surface area (Å²) in [6, 6.07) is 9.96. The summed E-state index contributed by atoms with van der Waals surface area (Å²) in [7, 11) is 1.30. The maximum absolute atomic E-state index is 12.5. The van der Waals surface area contributed by atoms with E-state index in [9.17, 15) is 9.59 Å². The summed E-state index contributed by atoms with van der Waals surface area (Å²) in [5, 5.41) is 2.69. The van der Waals surface area contributed by atoms with E-state index in [2.05, 4.69) is 28.9 Å². The molecule has 0 bridgehead atoms. The molecule has 0 aliphatic heterocycles. The van der Waals surface area contributed by atoms with Gasteiger partial charge in [-0.25, -0.2) is 9.78 Å². The van der Waals surface area contributed by atoms with Crippen LogP contribution < -0.4 is 10.1 Å². The first-order valence-electron chi connectivity index (χ1n) is 9.09. The largest absolute Gasteiger partial charge is 0.488 e. The van der Waals surface area contributed by atoms with E-state index in [0.29, 0.717) is 41.8 Å². The van der Waals surface area contributed by atoms with Crippen molar-refractivity contribution in [1.29, 1.82) is 0 Å². The van der Waals surface area contributed by atoms with Crippen LogP contribution in [0.15, 0.2) is 42.6 Å². The highest BCUT2D eigenvalue weighted by atomic mass is 16.5. The van der Waals surface area contributed by atoms with E-state index < -0.39 is 5.97 Å². The molecule has 1 N–H and O–H groups in total. The van der Waals surface area contributed by atoms with Gasteiger partial charge in [0.25, 0.3) is 5.91 Å². The number of carbonyl (C=O) groups is 2. The van der Waals surface area contributed by atoms with Gasteiger partial charge in [-0.3, -0.25) is 4.79 Å². The van der Waals surface area contributed by atoms with Crippen molar-refractivity contribution in [2.75, 3.05) is 25.6 Å². The molecule has 0 saturated carbocycles. The van der Waals surface area contributed by atoms with E-state index in [1.807, 2.05) is 6.92 Å². The minimum Gasteiger partial charge on any atom is -0.488 e. The Morgan fingerprint density at radius 3 is 2.50 bits per heavy atom. The third-order valence-corrected chi connectivity index (χ3v) is 3.66. The van der Waals surface area contributed by atoms with Gasteiger partial charge in [0.15, 0.2) is 0 Å². The molecule has 1 aromatic heterocycles. The monoisotopic (exact) mass is 386 g/mol. The third kappa shape index (κ3) is 6.66. The van der Waals surface area contributed by atoms with Crippen LogP contribution in [0.3, 0.4) is 0 Å². The Morgan fingerprint density at radius 2 is 1.86 bits per heavy atom. The van der Waals surface area contributed by atoms with E-state index in [4.69, 9.17) is 9.47 Å². The number of methoxy groups -OCH3 is 1.